The molecule has 1 amide bonds. The van der Waals surface area contributed by atoms with Crippen LogP contribution in [0.2, 0.25) is 0 Å². The maximum atomic E-state index is 12.9. The highest BCUT2D eigenvalue weighted by Crippen LogP contribution is 2.38. The Morgan fingerprint density at radius 3 is 2.64 bits per heavy atom. The topological polar surface area (TPSA) is 67.4 Å². The van der Waals surface area contributed by atoms with Gasteiger partial charge in [-0.05, 0) is 67.2 Å². The molecule has 5 nitrogen and oxygen atoms in total. The summed E-state index contributed by atoms with van der Waals surface area (Å²) < 4.78 is 17.8. The van der Waals surface area contributed by atoms with Gasteiger partial charge in [0, 0.05) is 11.0 Å². The summed E-state index contributed by atoms with van der Waals surface area (Å²) in [7, 11) is 1.35. The highest BCUT2D eigenvalue weighted by Gasteiger charge is 2.26. The molecule has 0 bridgehead atoms. The second-order valence-corrected chi connectivity index (χ2v) is 7.75. The van der Waals surface area contributed by atoms with Gasteiger partial charge < -0.3 is 10.1 Å². The lowest BCUT2D eigenvalue weighted by Gasteiger charge is -2.12. The Labute approximate surface area is 171 Å². The van der Waals surface area contributed by atoms with Gasteiger partial charge in [-0.25, -0.2) is 9.18 Å². The van der Waals surface area contributed by atoms with Crippen LogP contribution in [-0.2, 0) is 22.4 Å². The Kier molecular flexibility index (Phi) is 6.53. The van der Waals surface area contributed by atoms with Crippen LogP contribution in [0.25, 0.3) is 6.08 Å². The van der Waals surface area contributed by atoms with Gasteiger partial charge >= 0.3 is 5.97 Å². The van der Waals surface area contributed by atoms with Crippen molar-refractivity contribution in [3.63, 3.8) is 0 Å². The molecule has 3 rings (SSSR count). The molecule has 2 aromatic rings. The number of benzene rings is 1. The SMILES string of the molecule is COC(=O)c1c(NC(=S)NC(=O)C=Cc2ccc(F)cc2)sc2c1CCCC2. The molecule has 0 saturated heterocycles. The molecule has 1 aliphatic rings. The predicted octanol–water partition coefficient (Wildman–Crippen LogP) is 4.08. The number of ether oxygens (including phenoxy) is 1. The third-order valence-electron chi connectivity index (χ3n) is 4.32. The summed E-state index contributed by atoms with van der Waals surface area (Å²) in [5.74, 6) is -1.18. The maximum absolute atomic E-state index is 12.9. The maximum Gasteiger partial charge on any atom is 0.341 e. The molecule has 1 aliphatic carbocycles. The number of thiocarbonyl (C=S) groups is 1. The zero-order valence-electron chi connectivity index (χ0n) is 15.2. The normalized spacial score (nSPS) is 13.1. The van der Waals surface area contributed by atoms with E-state index < -0.39 is 11.9 Å². The lowest BCUT2D eigenvalue weighted by molar-refractivity contribution is -0.115. The molecule has 2 N–H and O–H groups in total. The van der Waals surface area contributed by atoms with Crippen LogP contribution in [0.1, 0.15) is 39.2 Å². The van der Waals surface area contributed by atoms with Gasteiger partial charge in [0.2, 0.25) is 5.91 Å². The van der Waals surface area contributed by atoms with Gasteiger partial charge in [-0.15, -0.1) is 11.3 Å². The zero-order chi connectivity index (χ0) is 20.1. The number of esters is 1. The quantitative estimate of drug-likeness (QED) is 0.445. The number of fused-ring (bicyclic) bond motifs is 1. The average molecular weight is 419 g/mol. The number of hydrogen-bond donors (Lipinski definition) is 2. The van der Waals surface area contributed by atoms with E-state index in [1.165, 1.54) is 36.7 Å². The van der Waals surface area contributed by atoms with Crippen LogP contribution in [0.5, 0.6) is 0 Å². The van der Waals surface area contributed by atoms with Gasteiger partial charge in [0.1, 0.15) is 10.8 Å². The minimum absolute atomic E-state index is 0.0949. The summed E-state index contributed by atoms with van der Waals surface area (Å²) >= 11 is 6.68. The number of carbonyl (C=O) groups is 2. The van der Waals surface area contributed by atoms with Gasteiger partial charge in [0.25, 0.3) is 0 Å². The molecule has 0 fully saturated rings. The zero-order valence-corrected chi connectivity index (χ0v) is 16.8. The highest BCUT2D eigenvalue weighted by atomic mass is 32.1. The second-order valence-electron chi connectivity index (χ2n) is 6.23. The number of thiophene rings is 1. The third kappa shape index (κ3) is 4.82. The smallest absolute Gasteiger partial charge is 0.341 e. The van der Waals surface area contributed by atoms with E-state index in [0.29, 0.717) is 16.1 Å². The van der Waals surface area contributed by atoms with Crippen molar-refractivity contribution >= 4 is 51.6 Å². The fraction of sp³-hybridized carbons (Fsp3) is 0.250. The van der Waals surface area contributed by atoms with Crippen molar-refractivity contribution in [1.82, 2.24) is 5.32 Å². The number of methoxy groups -OCH3 is 1. The van der Waals surface area contributed by atoms with E-state index in [1.807, 2.05) is 0 Å². The van der Waals surface area contributed by atoms with E-state index in [2.05, 4.69) is 10.6 Å². The number of halogens is 1. The number of hydrogen-bond acceptors (Lipinski definition) is 5. The molecule has 0 spiro atoms. The minimum Gasteiger partial charge on any atom is -0.465 e. The molecule has 1 aromatic heterocycles. The summed E-state index contributed by atoms with van der Waals surface area (Å²) in [5.41, 5.74) is 2.20. The average Bonchev–Trinajstić information content (AvgIpc) is 3.04. The molecule has 0 saturated carbocycles. The Morgan fingerprint density at radius 1 is 1.21 bits per heavy atom. The summed E-state index contributed by atoms with van der Waals surface area (Å²) in [6.45, 7) is 0. The number of rotatable bonds is 4. The number of aryl methyl sites for hydroxylation is 1. The fourth-order valence-electron chi connectivity index (χ4n) is 3.01. The molecule has 28 heavy (non-hydrogen) atoms. The van der Waals surface area contributed by atoms with Crippen LogP contribution in [0, 0.1) is 5.82 Å². The van der Waals surface area contributed by atoms with E-state index in [9.17, 15) is 14.0 Å². The summed E-state index contributed by atoms with van der Waals surface area (Å²) in [6.07, 6.45) is 6.73. The molecule has 146 valence electrons. The predicted molar refractivity (Wildman–Crippen MR) is 112 cm³/mol. The molecule has 0 atom stereocenters. The molecule has 1 aromatic carbocycles. The van der Waals surface area contributed by atoms with Crippen molar-refractivity contribution < 1.29 is 18.7 Å². The monoisotopic (exact) mass is 418 g/mol. The molecule has 0 unspecified atom stereocenters. The number of nitrogens with one attached hydrogen (secondary N) is 2. The van der Waals surface area contributed by atoms with Crippen molar-refractivity contribution in [2.75, 3.05) is 12.4 Å². The van der Waals surface area contributed by atoms with Gasteiger partial charge in [0.05, 0.1) is 12.7 Å². The number of anilines is 1. The third-order valence-corrected chi connectivity index (χ3v) is 5.73. The van der Waals surface area contributed by atoms with E-state index in [-0.39, 0.29) is 10.9 Å². The van der Waals surface area contributed by atoms with E-state index >= 15 is 0 Å². The first-order valence-corrected chi connectivity index (χ1v) is 9.99. The number of amides is 1. The lowest BCUT2D eigenvalue weighted by Crippen LogP contribution is -2.33. The van der Waals surface area contributed by atoms with Crippen LogP contribution in [0.15, 0.2) is 30.3 Å². The number of carbonyl (C=O) groups excluding carboxylic acids is 2. The van der Waals surface area contributed by atoms with Crippen molar-refractivity contribution in [3.05, 3.63) is 57.7 Å². The second kappa shape index (κ2) is 9.07. The van der Waals surface area contributed by atoms with Crippen molar-refractivity contribution in [2.45, 2.75) is 25.7 Å². The van der Waals surface area contributed by atoms with E-state index in [4.69, 9.17) is 17.0 Å². The molecule has 8 heteroatoms. The van der Waals surface area contributed by atoms with Gasteiger partial charge in [0.15, 0.2) is 5.11 Å². The summed E-state index contributed by atoms with van der Waals surface area (Å²) in [6, 6.07) is 5.76. The first-order chi connectivity index (χ1) is 13.5. The van der Waals surface area contributed by atoms with Crippen LogP contribution < -0.4 is 10.6 Å². The Hall–Kier alpha value is -2.58. The van der Waals surface area contributed by atoms with Crippen molar-refractivity contribution in [1.29, 1.82) is 0 Å². The Morgan fingerprint density at radius 2 is 1.93 bits per heavy atom. The van der Waals surface area contributed by atoms with Crippen LogP contribution in [0.3, 0.4) is 0 Å². The standard InChI is InChI=1S/C20H19FN2O3S2/c1-26-19(25)17-14-4-2-3-5-15(14)28-18(17)23-20(27)22-16(24)11-8-12-6-9-13(21)10-7-12/h6-11H,2-5H2,1H3,(H2,22,23,24,27). The first kappa shape index (κ1) is 20.2. The van der Waals surface area contributed by atoms with Crippen molar-refractivity contribution in [2.24, 2.45) is 0 Å². The molecular formula is C20H19FN2O3S2. The lowest BCUT2D eigenvalue weighted by atomic mass is 9.95. The van der Waals surface area contributed by atoms with Gasteiger partial charge in [-0.1, -0.05) is 12.1 Å². The minimum atomic E-state index is -0.428. The molecule has 0 radical (unpaired) electrons. The van der Waals surface area contributed by atoms with Crippen LogP contribution >= 0.6 is 23.6 Å². The Balaban J connectivity index is 1.67. The van der Waals surface area contributed by atoms with E-state index in [1.54, 1.807) is 18.2 Å². The molecule has 1 heterocycles. The van der Waals surface area contributed by atoms with Crippen LogP contribution in [-0.4, -0.2) is 24.1 Å². The largest absolute Gasteiger partial charge is 0.465 e. The van der Waals surface area contributed by atoms with Crippen molar-refractivity contribution in [3.8, 4) is 0 Å². The first-order valence-electron chi connectivity index (χ1n) is 8.76. The van der Waals surface area contributed by atoms with E-state index in [0.717, 1.165) is 36.1 Å². The molecule has 0 aliphatic heterocycles. The van der Waals surface area contributed by atoms with Gasteiger partial charge in [-0.2, -0.15) is 0 Å². The fourth-order valence-corrected chi connectivity index (χ4v) is 4.55. The van der Waals surface area contributed by atoms with Gasteiger partial charge in [-0.3, -0.25) is 10.1 Å². The van der Waals surface area contributed by atoms with Crippen LogP contribution in [0.4, 0.5) is 9.39 Å². The molecular weight excluding hydrogens is 399 g/mol. The Bertz CT molecular complexity index is 936. The summed E-state index contributed by atoms with van der Waals surface area (Å²) in [4.78, 5) is 25.4. The summed E-state index contributed by atoms with van der Waals surface area (Å²) in [5, 5.41) is 6.19. The highest BCUT2D eigenvalue weighted by molar-refractivity contribution is 7.80.